The molecule has 4 rings (SSSR count). The topological polar surface area (TPSA) is 61.9 Å². The van der Waals surface area contributed by atoms with Gasteiger partial charge in [0.1, 0.15) is 5.75 Å². The number of hydrogen-bond acceptors (Lipinski definition) is 4. The van der Waals surface area contributed by atoms with Gasteiger partial charge < -0.3 is 15.0 Å². The molecular formula is C27H35N3O3. The van der Waals surface area contributed by atoms with Crippen LogP contribution in [0.15, 0.2) is 54.6 Å². The van der Waals surface area contributed by atoms with Crippen molar-refractivity contribution in [2.75, 3.05) is 39.3 Å². The lowest BCUT2D eigenvalue weighted by Gasteiger charge is -2.50. The molecule has 0 bridgehead atoms. The predicted molar refractivity (Wildman–Crippen MR) is 129 cm³/mol. The van der Waals surface area contributed by atoms with Gasteiger partial charge in [-0.25, -0.2) is 0 Å². The van der Waals surface area contributed by atoms with Crippen molar-refractivity contribution >= 4 is 11.8 Å². The monoisotopic (exact) mass is 449 g/mol. The molecule has 1 N–H and O–H groups in total. The number of carbonyl (C=O) groups is 2. The summed E-state index contributed by atoms with van der Waals surface area (Å²) in [7, 11) is 0. The standard InChI is InChI=1S/C27H35N3O3/c1-4-33-24-13-9-8-12-22(24)26(32)30-18-27(19-30)17-29(15-21-10-6-5-7-11-21)16-23(27)25(31)28-14-20(2)3/h5-13,20,23H,4,14-19H2,1-3H3,(H,28,31). The molecule has 2 aliphatic rings. The first-order valence-corrected chi connectivity index (χ1v) is 12.0. The number of ether oxygens (including phenoxy) is 1. The minimum atomic E-state index is -0.202. The van der Waals surface area contributed by atoms with Crippen molar-refractivity contribution < 1.29 is 14.3 Å². The fourth-order valence-corrected chi connectivity index (χ4v) is 5.10. The quantitative estimate of drug-likeness (QED) is 0.671. The summed E-state index contributed by atoms with van der Waals surface area (Å²) in [6.45, 7) is 10.9. The molecule has 0 radical (unpaired) electrons. The summed E-state index contributed by atoms with van der Waals surface area (Å²) in [5, 5.41) is 3.14. The third-order valence-electron chi connectivity index (χ3n) is 6.68. The normalized spacial score (nSPS) is 19.5. The lowest BCUT2D eigenvalue weighted by Crippen LogP contribution is -2.64. The molecule has 1 spiro atoms. The van der Waals surface area contributed by atoms with E-state index in [0.29, 0.717) is 43.5 Å². The molecule has 0 aromatic heterocycles. The molecule has 2 aliphatic heterocycles. The third kappa shape index (κ3) is 5.06. The van der Waals surface area contributed by atoms with E-state index in [4.69, 9.17) is 4.74 Å². The van der Waals surface area contributed by atoms with Crippen molar-refractivity contribution in [3.63, 3.8) is 0 Å². The van der Waals surface area contributed by atoms with Gasteiger partial charge in [-0.3, -0.25) is 14.5 Å². The van der Waals surface area contributed by atoms with Crippen LogP contribution in [-0.4, -0.2) is 60.9 Å². The molecule has 0 saturated carbocycles. The number of hydrogen-bond donors (Lipinski definition) is 1. The van der Waals surface area contributed by atoms with E-state index in [-0.39, 0.29) is 23.1 Å². The van der Waals surface area contributed by atoms with E-state index in [1.165, 1.54) is 5.56 Å². The van der Waals surface area contributed by atoms with Crippen LogP contribution >= 0.6 is 0 Å². The van der Waals surface area contributed by atoms with Crippen LogP contribution < -0.4 is 10.1 Å². The molecule has 2 saturated heterocycles. The second-order valence-electron chi connectivity index (χ2n) is 9.80. The average Bonchev–Trinajstić information content (AvgIpc) is 3.17. The van der Waals surface area contributed by atoms with Gasteiger partial charge in [-0.15, -0.1) is 0 Å². The summed E-state index contributed by atoms with van der Waals surface area (Å²) in [4.78, 5) is 30.7. The average molecular weight is 450 g/mol. The van der Waals surface area contributed by atoms with Crippen molar-refractivity contribution in [1.82, 2.24) is 15.1 Å². The number of nitrogens with one attached hydrogen (secondary N) is 1. The smallest absolute Gasteiger partial charge is 0.257 e. The van der Waals surface area contributed by atoms with Crippen LogP contribution in [-0.2, 0) is 11.3 Å². The molecular weight excluding hydrogens is 414 g/mol. The van der Waals surface area contributed by atoms with Gasteiger partial charge in [0.25, 0.3) is 5.91 Å². The van der Waals surface area contributed by atoms with Crippen LogP contribution in [0.5, 0.6) is 5.75 Å². The van der Waals surface area contributed by atoms with E-state index < -0.39 is 0 Å². The Labute approximate surface area is 196 Å². The minimum absolute atomic E-state index is 0.0208. The van der Waals surface area contributed by atoms with Crippen LogP contribution in [0, 0.1) is 17.3 Å². The van der Waals surface area contributed by atoms with E-state index in [2.05, 4.69) is 36.2 Å². The predicted octanol–water partition coefficient (Wildman–Crippen LogP) is 3.43. The minimum Gasteiger partial charge on any atom is -0.493 e. The second kappa shape index (κ2) is 9.96. The van der Waals surface area contributed by atoms with E-state index in [1.54, 1.807) is 0 Å². The summed E-state index contributed by atoms with van der Waals surface area (Å²) in [5.41, 5.74) is 1.63. The number of amides is 2. The maximum absolute atomic E-state index is 13.3. The molecule has 2 fully saturated rings. The van der Waals surface area contributed by atoms with Crippen LogP contribution in [0.25, 0.3) is 0 Å². The van der Waals surface area contributed by atoms with Crippen LogP contribution in [0.3, 0.4) is 0 Å². The summed E-state index contributed by atoms with van der Waals surface area (Å²) < 4.78 is 5.67. The number of nitrogens with zero attached hydrogens (tertiary/aromatic N) is 2. The van der Waals surface area contributed by atoms with Crippen molar-refractivity contribution in [1.29, 1.82) is 0 Å². The van der Waals surface area contributed by atoms with Gasteiger partial charge in [-0.2, -0.15) is 0 Å². The zero-order valence-electron chi connectivity index (χ0n) is 19.9. The summed E-state index contributed by atoms with van der Waals surface area (Å²) in [5.74, 6) is 0.996. The Morgan fingerprint density at radius 1 is 1.06 bits per heavy atom. The number of carbonyl (C=O) groups excluding carboxylic acids is 2. The Kier molecular flexibility index (Phi) is 7.03. The molecule has 2 heterocycles. The molecule has 2 aromatic carbocycles. The van der Waals surface area contributed by atoms with Crippen LogP contribution in [0.4, 0.5) is 0 Å². The first-order valence-electron chi connectivity index (χ1n) is 12.0. The molecule has 2 amide bonds. The number of benzene rings is 2. The highest BCUT2D eigenvalue weighted by Gasteiger charge is 2.57. The van der Waals surface area contributed by atoms with E-state index in [9.17, 15) is 9.59 Å². The Bertz CT molecular complexity index is 970. The lowest BCUT2D eigenvalue weighted by molar-refractivity contribution is -0.131. The van der Waals surface area contributed by atoms with Crippen LogP contribution in [0.1, 0.15) is 36.7 Å². The highest BCUT2D eigenvalue weighted by Crippen LogP contribution is 2.45. The Hall–Kier alpha value is -2.86. The number of rotatable bonds is 8. The Morgan fingerprint density at radius 2 is 1.76 bits per heavy atom. The largest absolute Gasteiger partial charge is 0.493 e. The SMILES string of the molecule is CCOc1ccccc1C(=O)N1CC2(CN(Cc3ccccc3)CC2C(=O)NCC(C)C)C1. The molecule has 6 heteroatoms. The first kappa shape index (κ1) is 23.3. The van der Waals surface area contributed by atoms with Gasteiger partial charge in [-0.05, 0) is 30.5 Å². The fourth-order valence-electron chi connectivity index (χ4n) is 5.10. The zero-order chi connectivity index (χ0) is 23.4. The first-order chi connectivity index (χ1) is 15.9. The van der Waals surface area contributed by atoms with Crippen molar-refractivity contribution in [2.45, 2.75) is 27.3 Å². The lowest BCUT2D eigenvalue weighted by atomic mass is 9.71. The molecule has 33 heavy (non-hydrogen) atoms. The summed E-state index contributed by atoms with van der Waals surface area (Å²) >= 11 is 0. The third-order valence-corrected chi connectivity index (χ3v) is 6.68. The highest BCUT2D eigenvalue weighted by molar-refractivity contribution is 5.97. The van der Waals surface area contributed by atoms with Crippen molar-refractivity contribution in [3.05, 3.63) is 65.7 Å². The van der Waals surface area contributed by atoms with Gasteiger partial charge in [0.2, 0.25) is 5.91 Å². The summed E-state index contributed by atoms with van der Waals surface area (Å²) in [6.07, 6.45) is 0. The van der Waals surface area contributed by atoms with Crippen molar-refractivity contribution in [3.8, 4) is 5.75 Å². The van der Waals surface area contributed by atoms with E-state index in [1.807, 2.05) is 54.3 Å². The van der Waals surface area contributed by atoms with Crippen molar-refractivity contribution in [2.24, 2.45) is 17.3 Å². The Morgan fingerprint density at radius 3 is 2.45 bits per heavy atom. The number of para-hydroxylation sites is 1. The van der Waals surface area contributed by atoms with Gasteiger partial charge >= 0.3 is 0 Å². The zero-order valence-corrected chi connectivity index (χ0v) is 19.9. The molecule has 2 aromatic rings. The molecule has 6 nitrogen and oxygen atoms in total. The van der Waals surface area contributed by atoms with Gasteiger partial charge in [0.05, 0.1) is 18.1 Å². The fraction of sp³-hybridized carbons (Fsp3) is 0.481. The van der Waals surface area contributed by atoms with E-state index >= 15 is 0 Å². The maximum Gasteiger partial charge on any atom is 0.257 e. The van der Waals surface area contributed by atoms with Gasteiger partial charge in [0.15, 0.2) is 0 Å². The van der Waals surface area contributed by atoms with Gasteiger partial charge in [0, 0.05) is 44.7 Å². The molecule has 1 atom stereocenters. The maximum atomic E-state index is 13.3. The Balaban J connectivity index is 1.49. The molecule has 1 unspecified atom stereocenters. The highest BCUT2D eigenvalue weighted by atomic mass is 16.5. The summed E-state index contributed by atoms with van der Waals surface area (Å²) in [6, 6.07) is 17.8. The molecule has 176 valence electrons. The van der Waals surface area contributed by atoms with Gasteiger partial charge in [-0.1, -0.05) is 56.3 Å². The van der Waals surface area contributed by atoms with E-state index in [0.717, 1.165) is 19.6 Å². The van der Waals surface area contributed by atoms with Crippen LogP contribution in [0.2, 0.25) is 0 Å². The number of likely N-dealkylation sites (tertiary alicyclic amines) is 2. The molecule has 0 aliphatic carbocycles. The second-order valence-corrected chi connectivity index (χ2v) is 9.80.